The maximum absolute atomic E-state index is 10.0. The number of piperidine rings is 1. The SMILES string of the molecule is CCCCCCCCCC(C)ON1C(O)[C@H](O)[C@@H](O)[C@H](O)[C@H]1CO. The molecule has 1 aliphatic heterocycles. The van der Waals surface area contributed by atoms with Crippen molar-refractivity contribution in [2.24, 2.45) is 0 Å². The van der Waals surface area contributed by atoms with Crippen LogP contribution in [0.3, 0.4) is 0 Å². The van der Waals surface area contributed by atoms with Crippen molar-refractivity contribution in [2.75, 3.05) is 6.61 Å². The lowest BCUT2D eigenvalue weighted by Gasteiger charge is -2.46. The molecule has 0 aliphatic carbocycles. The van der Waals surface area contributed by atoms with Gasteiger partial charge >= 0.3 is 0 Å². The molecule has 0 spiro atoms. The van der Waals surface area contributed by atoms with Crippen LogP contribution in [0.4, 0.5) is 0 Å². The number of hydrogen-bond acceptors (Lipinski definition) is 7. The molecule has 1 fully saturated rings. The molecule has 0 aromatic rings. The van der Waals surface area contributed by atoms with E-state index in [1.54, 1.807) is 0 Å². The van der Waals surface area contributed by atoms with Crippen LogP contribution in [0.2, 0.25) is 0 Å². The Morgan fingerprint density at radius 3 is 2.04 bits per heavy atom. The van der Waals surface area contributed by atoms with E-state index in [0.717, 1.165) is 24.3 Å². The van der Waals surface area contributed by atoms with E-state index in [1.807, 2.05) is 6.92 Å². The van der Waals surface area contributed by atoms with Gasteiger partial charge in [0.15, 0.2) is 6.23 Å². The van der Waals surface area contributed by atoms with Crippen LogP contribution >= 0.6 is 0 Å². The van der Waals surface area contributed by atoms with E-state index in [1.165, 1.54) is 32.1 Å². The van der Waals surface area contributed by atoms with Crippen LogP contribution < -0.4 is 0 Å². The van der Waals surface area contributed by atoms with Gasteiger partial charge in [-0.05, 0) is 13.3 Å². The van der Waals surface area contributed by atoms with Crippen molar-refractivity contribution in [1.29, 1.82) is 0 Å². The van der Waals surface area contributed by atoms with Gasteiger partial charge in [-0.15, -0.1) is 5.06 Å². The van der Waals surface area contributed by atoms with Crippen molar-refractivity contribution in [3.8, 4) is 0 Å². The minimum Gasteiger partial charge on any atom is -0.395 e. The number of aliphatic hydroxyl groups is 5. The second kappa shape index (κ2) is 11.4. The van der Waals surface area contributed by atoms with Crippen molar-refractivity contribution in [1.82, 2.24) is 5.06 Å². The van der Waals surface area contributed by atoms with Crippen LogP contribution in [-0.2, 0) is 4.84 Å². The third-order valence-corrected chi connectivity index (χ3v) is 4.69. The second-order valence-electron chi connectivity index (χ2n) is 6.82. The van der Waals surface area contributed by atoms with Crippen molar-refractivity contribution < 1.29 is 30.4 Å². The summed E-state index contributed by atoms with van der Waals surface area (Å²) >= 11 is 0. The summed E-state index contributed by atoms with van der Waals surface area (Å²) in [6, 6.07) is -0.977. The van der Waals surface area contributed by atoms with Gasteiger partial charge in [0, 0.05) is 0 Å². The van der Waals surface area contributed by atoms with E-state index < -0.39 is 37.2 Å². The normalized spacial score (nSPS) is 32.9. The maximum atomic E-state index is 10.0. The standard InChI is InChI=1S/C17H35NO6/c1-3-4-5-6-7-8-9-10-12(2)24-18-13(11-19)14(20)15(21)16(22)17(18)23/h12-17,19-23H,3-11H2,1-2H3/t12?,13-,14-,15+,16-,17?/m1/s1. The molecule has 1 rings (SSSR count). The lowest BCUT2D eigenvalue weighted by molar-refractivity contribution is -0.351. The Balaban J connectivity index is 2.36. The Kier molecular flexibility index (Phi) is 10.3. The monoisotopic (exact) mass is 349 g/mol. The Hall–Kier alpha value is -0.280. The lowest BCUT2D eigenvalue weighted by atomic mass is 9.95. The predicted molar refractivity (Wildman–Crippen MR) is 89.9 cm³/mol. The minimum absolute atomic E-state index is 0.223. The molecule has 1 aliphatic rings. The molecule has 7 heteroatoms. The van der Waals surface area contributed by atoms with Gasteiger partial charge in [0.1, 0.15) is 18.3 Å². The number of rotatable bonds is 11. The molecule has 0 saturated carbocycles. The first-order valence-corrected chi connectivity index (χ1v) is 9.22. The molecule has 0 radical (unpaired) electrons. The molecule has 0 aromatic heterocycles. The largest absolute Gasteiger partial charge is 0.395 e. The fourth-order valence-corrected chi connectivity index (χ4v) is 3.08. The van der Waals surface area contributed by atoms with Gasteiger partial charge < -0.3 is 25.5 Å². The van der Waals surface area contributed by atoms with E-state index >= 15 is 0 Å². The zero-order chi connectivity index (χ0) is 18.1. The Morgan fingerprint density at radius 1 is 0.875 bits per heavy atom. The summed E-state index contributed by atoms with van der Waals surface area (Å²) in [6.45, 7) is 3.55. The molecule has 1 heterocycles. The second-order valence-corrected chi connectivity index (χ2v) is 6.82. The van der Waals surface area contributed by atoms with E-state index in [9.17, 15) is 25.5 Å². The van der Waals surface area contributed by atoms with Crippen LogP contribution in [0, 0.1) is 0 Å². The van der Waals surface area contributed by atoms with Crippen LogP contribution in [0.25, 0.3) is 0 Å². The number of unbranched alkanes of at least 4 members (excludes halogenated alkanes) is 6. The van der Waals surface area contributed by atoms with Gasteiger partial charge in [-0.25, -0.2) is 0 Å². The van der Waals surface area contributed by atoms with Crippen molar-refractivity contribution in [3.05, 3.63) is 0 Å². The third-order valence-electron chi connectivity index (χ3n) is 4.69. The summed E-state index contributed by atoms with van der Waals surface area (Å²) < 4.78 is 0. The quantitative estimate of drug-likeness (QED) is 0.346. The molecule has 2 unspecified atom stereocenters. The average molecular weight is 349 g/mol. The Morgan fingerprint density at radius 2 is 1.46 bits per heavy atom. The van der Waals surface area contributed by atoms with E-state index in [-0.39, 0.29) is 6.10 Å². The van der Waals surface area contributed by atoms with Crippen molar-refractivity contribution in [3.63, 3.8) is 0 Å². The molecule has 0 amide bonds. The Labute approximate surface area is 144 Å². The fourth-order valence-electron chi connectivity index (χ4n) is 3.08. The van der Waals surface area contributed by atoms with Gasteiger partial charge in [0.2, 0.25) is 0 Å². The highest BCUT2D eigenvalue weighted by molar-refractivity contribution is 4.93. The predicted octanol–water partition coefficient (Wildman–Crippen LogP) is 0.525. The van der Waals surface area contributed by atoms with E-state index in [2.05, 4.69) is 6.92 Å². The number of hydrogen-bond donors (Lipinski definition) is 5. The van der Waals surface area contributed by atoms with Crippen LogP contribution in [0.1, 0.15) is 65.2 Å². The van der Waals surface area contributed by atoms with Gasteiger partial charge in [-0.1, -0.05) is 51.9 Å². The molecular weight excluding hydrogens is 314 g/mol. The van der Waals surface area contributed by atoms with Crippen molar-refractivity contribution in [2.45, 2.75) is 102 Å². The molecule has 144 valence electrons. The van der Waals surface area contributed by atoms with Gasteiger partial charge in [-0.3, -0.25) is 4.84 Å². The van der Waals surface area contributed by atoms with Crippen LogP contribution in [-0.4, -0.2) is 73.9 Å². The average Bonchev–Trinajstić information content (AvgIpc) is 2.57. The summed E-state index contributed by atoms with van der Waals surface area (Å²) in [6.07, 6.45) is 2.97. The highest BCUT2D eigenvalue weighted by Crippen LogP contribution is 2.25. The molecule has 6 atom stereocenters. The number of hydroxylamine groups is 2. The van der Waals surface area contributed by atoms with E-state index in [0.29, 0.717) is 0 Å². The number of nitrogens with zero attached hydrogens (tertiary/aromatic N) is 1. The Bertz CT molecular complexity index is 332. The topological polar surface area (TPSA) is 114 Å². The first-order valence-electron chi connectivity index (χ1n) is 9.22. The van der Waals surface area contributed by atoms with Gasteiger partial charge in [0.05, 0.1) is 18.8 Å². The summed E-state index contributed by atoms with van der Waals surface area (Å²) in [5.74, 6) is 0. The summed E-state index contributed by atoms with van der Waals surface area (Å²) in [5.41, 5.74) is 0. The highest BCUT2D eigenvalue weighted by atomic mass is 16.7. The molecule has 1 saturated heterocycles. The maximum Gasteiger partial charge on any atom is 0.158 e. The molecule has 24 heavy (non-hydrogen) atoms. The molecule has 0 aromatic carbocycles. The highest BCUT2D eigenvalue weighted by Gasteiger charge is 2.48. The summed E-state index contributed by atoms with van der Waals surface area (Å²) in [7, 11) is 0. The fraction of sp³-hybridized carbons (Fsp3) is 1.00. The summed E-state index contributed by atoms with van der Waals surface area (Å²) in [5, 5.41) is 49.8. The summed E-state index contributed by atoms with van der Waals surface area (Å²) in [4.78, 5) is 5.63. The molecule has 7 nitrogen and oxygen atoms in total. The first kappa shape index (κ1) is 21.8. The molecule has 0 bridgehead atoms. The zero-order valence-electron chi connectivity index (χ0n) is 14.9. The van der Waals surface area contributed by atoms with Crippen molar-refractivity contribution >= 4 is 0 Å². The number of aliphatic hydroxyl groups excluding tert-OH is 5. The van der Waals surface area contributed by atoms with Gasteiger partial charge in [-0.2, -0.15) is 0 Å². The molecule has 5 N–H and O–H groups in total. The van der Waals surface area contributed by atoms with Crippen LogP contribution in [0.15, 0.2) is 0 Å². The smallest absolute Gasteiger partial charge is 0.158 e. The van der Waals surface area contributed by atoms with Crippen LogP contribution in [0.5, 0.6) is 0 Å². The first-order chi connectivity index (χ1) is 11.4. The van der Waals surface area contributed by atoms with E-state index in [4.69, 9.17) is 4.84 Å². The zero-order valence-corrected chi connectivity index (χ0v) is 14.9. The third kappa shape index (κ3) is 6.22. The lowest BCUT2D eigenvalue weighted by Crippen LogP contribution is -2.67. The minimum atomic E-state index is -1.55. The molecular formula is C17H35NO6. The van der Waals surface area contributed by atoms with Gasteiger partial charge in [0.25, 0.3) is 0 Å².